The number of rotatable bonds is 8. The van der Waals surface area contributed by atoms with Crippen LogP contribution < -0.4 is 0 Å². The normalized spacial score (nSPS) is 14.8. The molecule has 3 aromatic carbocycles. The predicted octanol–water partition coefficient (Wildman–Crippen LogP) is 9.85. The standard InChI is InChI=1S/C40H29ClF2N4O2S2/c1-51(48,49)37-20-19-36(50-37)35-23-44-39-33(41)21-26(24-46(35)39)32-25-47(45-38(32)31-18-17-30(42)22-34(31)43)40(27-11-5-2-6-12-27,28-13-7-3-8-14-28)29-15-9-4-10-16-29/h2-15,17-25,29H,16H2,1H3. The summed E-state index contributed by atoms with van der Waals surface area (Å²) in [5, 5.41) is 5.55. The molecule has 11 heteroatoms. The van der Waals surface area contributed by atoms with Crippen molar-refractivity contribution >= 4 is 38.4 Å². The number of hydrogen-bond donors (Lipinski definition) is 0. The van der Waals surface area contributed by atoms with E-state index >= 15 is 4.39 Å². The van der Waals surface area contributed by atoms with E-state index in [1.165, 1.54) is 18.4 Å². The number of hydrogen-bond acceptors (Lipinski definition) is 5. The third-order valence-corrected chi connectivity index (χ3v) is 12.5. The van der Waals surface area contributed by atoms with Crippen molar-refractivity contribution < 1.29 is 17.2 Å². The second kappa shape index (κ2) is 12.9. The molecule has 51 heavy (non-hydrogen) atoms. The van der Waals surface area contributed by atoms with E-state index < -0.39 is 27.0 Å². The fraction of sp³-hybridized carbons (Fsp3) is 0.100. The molecule has 0 bridgehead atoms. The average Bonchev–Trinajstić information content (AvgIpc) is 3.90. The molecule has 254 valence electrons. The number of halogens is 3. The van der Waals surface area contributed by atoms with Crippen molar-refractivity contribution in [3.05, 3.63) is 168 Å². The average molecular weight is 735 g/mol. The van der Waals surface area contributed by atoms with Crippen molar-refractivity contribution in [1.29, 1.82) is 0 Å². The Bertz CT molecular complexity index is 2550. The number of pyridine rings is 1. The first-order valence-corrected chi connectivity index (χ1v) is 19.2. The quantitative estimate of drug-likeness (QED) is 0.156. The smallest absolute Gasteiger partial charge is 0.184 e. The molecule has 0 aliphatic heterocycles. The van der Waals surface area contributed by atoms with E-state index in [-0.39, 0.29) is 15.7 Å². The number of fused-ring (bicyclic) bond motifs is 1. The van der Waals surface area contributed by atoms with Crippen LogP contribution in [-0.2, 0) is 15.4 Å². The first-order chi connectivity index (χ1) is 24.6. The van der Waals surface area contributed by atoms with Crippen LogP contribution >= 0.6 is 22.9 Å². The summed E-state index contributed by atoms with van der Waals surface area (Å²) in [6.07, 6.45) is 15.6. The molecule has 0 spiro atoms. The number of thiophene rings is 1. The zero-order valence-electron chi connectivity index (χ0n) is 27.1. The minimum atomic E-state index is -3.42. The molecule has 7 aromatic rings. The third-order valence-electron chi connectivity index (χ3n) is 9.28. The van der Waals surface area contributed by atoms with Gasteiger partial charge < -0.3 is 0 Å². The van der Waals surface area contributed by atoms with Crippen LogP contribution in [0.3, 0.4) is 0 Å². The van der Waals surface area contributed by atoms with Gasteiger partial charge in [0.15, 0.2) is 15.5 Å². The highest BCUT2D eigenvalue weighted by molar-refractivity contribution is 7.92. The van der Waals surface area contributed by atoms with Gasteiger partial charge in [-0.2, -0.15) is 5.10 Å². The molecule has 0 saturated carbocycles. The maximum atomic E-state index is 15.8. The number of imidazole rings is 1. The second-order valence-electron chi connectivity index (χ2n) is 12.4. The van der Waals surface area contributed by atoms with Crippen molar-refractivity contribution in [2.75, 3.05) is 6.26 Å². The Hall–Kier alpha value is -5.16. The van der Waals surface area contributed by atoms with Crippen LogP contribution in [0, 0.1) is 17.6 Å². The van der Waals surface area contributed by atoms with Gasteiger partial charge in [0, 0.05) is 47.3 Å². The van der Waals surface area contributed by atoms with Crippen LogP contribution in [0.5, 0.6) is 0 Å². The Kier molecular flexibility index (Phi) is 8.33. The van der Waals surface area contributed by atoms with Gasteiger partial charge in [0.1, 0.15) is 27.1 Å². The van der Waals surface area contributed by atoms with Crippen LogP contribution in [0.2, 0.25) is 5.02 Å². The monoisotopic (exact) mass is 734 g/mol. The highest BCUT2D eigenvalue weighted by atomic mass is 35.5. The molecule has 0 saturated heterocycles. The van der Waals surface area contributed by atoms with Crippen LogP contribution in [0.25, 0.3) is 38.6 Å². The van der Waals surface area contributed by atoms with E-state index in [1.807, 2.05) is 65.6 Å². The highest BCUT2D eigenvalue weighted by Gasteiger charge is 2.44. The first-order valence-electron chi connectivity index (χ1n) is 16.1. The van der Waals surface area contributed by atoms with E-state index in [2.05, 4.69) is 41.4 Å². The largest absolute Gasteiger partial charge is 0.297 e. The van der Waals surface area contributed by atoms with Crippen molar-refractivity contribution in [3.8, 4) is 33.0 Å². The Morgan fingerprint density at radius 3 is 2.24 bits per heavy atom. The zero-order chi connectivity index (χ0) is 35.3. The maximum absolute atomic E-state index is 15.8. The SMILES string of the molecule is CS(=O)(=O)c1ccc(-c2cnc3c(Cl)cc(-c4cn(C(c5ccccc5)(c5ccccc5)C5C=CC=CC5)nc4-c4ccc(F)cc4F)cn23)s1. The van der Waals surface area contributed by atoms with E-state index in [9.17, 15) is 12.8 Å². The van der Waals surface area contributed by atoms with Crippen molar-refractivity contribution in [2.24, 2.45) is 5.92 Å². The Morgan fingerprint density at radius 1 is 0.882 bits per heavy atom. The molecule has 1 aliphatic carbocycles. The van der Waals surface area contributed by atoms with Crippen LogP contribution in [-0.4, -0.2) is 33.8 Å². The van der Waals surface area contributed by atoms with Crippen molar-refractivity contribution in [3.63, 3.8) is 0 Å². The first kappa shape index (κ1) is 33.0. The fourth-order valence-electron chi connectivity index (χ4n) is 6.98. The summed E-state index contributed by atoms with van der Waals surface area (Å²) in [6.45, 7) is 0. The zero-order valence-corrected chi connectivity index (χ0v) is 29.5. The topological polar surface area (TPSA) is 69.3 Å². The summed E-state index contributed by atoms with van der Waals surface area (Å²) < 4.78 is 58.6. The minimum Gasteiger partial charge on any atom is -0.297 e. The molecule has 1 unspecified atom stereocenters. The molecule has 0 N–H and O–H groups in total. The minimum absolute atomic E-state index is 0.0971. The number of nitrogens with zero attached hydrogens (tertiary/aromatic N) is 4. The summed E-state index contributed by atoms with van der Waals surface area (Å²) in [5.74, 6) is -1.55. The summed E-state index contributed by atoms with van der Waals surface area (Å²) in [5.41, 5.74) is 3.75. The molecular formula is C40H29ClF2N4O2S2. The molecular weight excluding hydrogens is 706 g/mol. The number of aromatic nitrogens is 4. The Labute approximate surface area is 302 Å². The molecule has 4 aromatic heterocycles. The molecule has 1 aliphatic rings. The van der Waals surface area contributed by atoms with Gasteiger partial charge in [-0.25, -0.2) is 22.2 Å². The fourth-order valence-corrected chi connectivity index (χ4v) is 9.17. The van der Waals surface area contributed by atoms with Crippen molar-refractivity contribution in [2.45, 2.75) is 16.2 Å². The van der Waals surface area contributed by atoms with Gasteiger partial charge in [-0.05, 0) is 47.9 Å². The molecule has 4 heterocycles. The van der Waals surface area contributed by atoms with Crippen LogP contribution in [0.1, 0.15) is 17.5 Å². The summed E-state index contributed by atoms with van der Waals surface area (Å²) in [7, 11) is -3.42. The lowest BCUT2D eigenvalue weighted by Gasteiger charge is -2.41. The molecule has 0 fully saturated rings. The van der Waals surface area contributed by atoms with E-state index in [1.54, 1.807) is 28.8 Å². The van der Waals surface area contributed by atoms with Crippen LogP contribution in [0.4, 0.5) is 8.78 Å². The summed E-state index contributed by atoms with van der Waals surface area (Å²) in [4.78, 5) is 5.22. The van der Waals surface area contributed by atoms with Crippen molar-refractivity contribution in [1.82, 2.24) is 19.2 Å². The predicted molar refractivity (Wildman–Crippen MR) is 199 cm³/mol. The lowest BCUT2D eigenvalue weighted by Crippen LogP contribution is -2.43. The lowest BCUT2D eigenvalue weighted by molar-refractivity contribution is 0.293. The van der Waals surface area contributed by atoms with E-state index in [4.69, 9.17) is 16.7 Å². The molecule has 1 atom stereocenters. The van der Waals surface area contributed by atoms with Gasteiger partial charge in [0.2, 0.25) is 0 Å². The highest BCUT2D eigenvalue weighted by Crippen LogP contribution is 2.46. The van der Waals surface area contributed by atoms with Gasteiger partial charge in [0.05, 0.1) is 21.8 Å². The lowest BCUT2D eigenvalue weighted by atomic mass is 9.70. The molecule has 0 amide bonds. The maximum Gasteiger partial charge on any atom is 0.184 e. The summed E-state index contributed by atoms with van der Waals surface area (Å²) >= 11 is 8.04. The number of allylic oxidation sites excluding steroid dienone is 4. The van der Waals surface area contributed by atoms with Gasteiger partial charge in [-0.15, -0.1) is 11.3 Å². The molecule has 0 radical (unpaired) electrons. The Balaban J connectivity index is 1.42. The third kappa shape index (κ3) is 5.73. The molecule has 6 nitrogen and oxygen atoms in total. The van der Waals surface area contributed by atoms with Gasteiger partial charge >= 0.3 is 0 Å². The Morgan fingerprint density at radius 2 is 1.61 bits per heavy atom. The second-order valence-corrected chi connectivity index (χ2v) is 16.2. The molecule has 8 rings (SSSR count). The van der Waals surface area contributed by atoms with Gasteiger partial charge in [0.25, 0.3) is 0 Å². The van der Waals surface area contributed by atoms with E-state index in [0.717, 1.165) is 28.5 Å². The van der Waals surface area contributed by atoms with Gasteiger partial charge in [-0.1, -0.05) is 96.6 Å². The van der Waals surface area contributed by atoms with Crippen LogP contribution in [0.15, 0.2) is 144 Å². The number of sulfone groups is 1. The number of benzene rings is 3. The van der Waals surface area contributed by atoms with E-state index in [0.29, 0.717) is 44.5 Å². The van der Waals surface area contributed by atoms with Gasteiger partial charge in [-0.3, -0.25) is 9.08 Å². The summed E-state index contributed by atoms with van der Waals surface area (Å²) in [6, 6.07) is 28.8.